The molecule has 2 aromatic rings. The molecule has 0 aliphatic heterocycles. The number of rotatable bonds is 18. The van der Waals surface area contributed by atoms with E-state index in [1.807, 2.05) is 42.8 Å². The third kappa shape index (κ3) is 12.2. The molecule has 1 heterocycles. The lowest BCUT2D eigenvalue weighted by Gasteiger charge is -2.33. The van der Waals surface area contributed by atoms with E-state index in [9.17, 15) is 24.6 Å². The average molecular weight is 640 g/mol. The maximum absolute atomic E-state index is 13.9. The molecule has 1 aliphatic rings. The number of benzene rings is 1. The van der Waals surface area contributed by atoms with Crippen molar-refractivity contribution in [3.63, 3.8) is 0 Å². The molecule has 5 atom stereocenters. The van der Waals surface area contributed by atoms with E-state index in [0.717, 1.165) is 37.7 Å². The van der Waals surface area contributed by atoms with Crippen molar-refractivity contribution >= 4 is 29.1 Å². The molecule has 0 saturated heterocycles. The first-order valence-corrected chi connectivity index (χ1v) is 16.9. The molecule has 3 amide bonds. The Balaban J connectivity index is 1.82. The molecular weight excluding hydrogens is 590 g/mol. The molecule has 1 saturated carbocycles. The lowest BCUT2D eigenvalue weighted by atomic mass is 9.82. The summed E-state index contributed by atoms with van der Waals surface area (Å²) in [6.07, 6.45) is 9.13. The van der Waals surface area contributed by atoms with Gasteiger partial charge in [0.2, 0.25) is 17.7 Å². The van der Waals surface area contributed by atoms with Gasteiger partial charge in [0.25, 0.3) is 0 Å². The number of hydrogen-bond donors (Lipinski definition) is 5. The van der Waals surface area contributed by atoms with Gasteiger partial charge in [0.1, 0.15) is 12.1 Å². The SMILES string of the molecule is C#CCC(O)[C@H](O)C(CC1CCCCC1)NC(=O)[C@H](Cc1cscn1)NC(=O)C(CC(=O)N(C)CCNC)Cc1ccccc1. The van der Waals surface area contributed by atoms with Gasteiger partial charge in [0.15, 0.2) is 0 Å². The first-order chi connectivity index (χ1) is 21.7. The highest BCUT2D eigenvalue weighted by Crippen LogP contribution is 2.29. The molecule has 1 aromatic carbocycles. The Morgan fingerprint density at radius 3 is 2.47 bits per heavy atom. The number of aliphatic hydroxyl groups excluding tert-OH is 2. The minimum absolute atomic E-state index is 0.0206. The highest BCUT2D eigenvalue weighted by Gasteiger charge is 2.34. The van der Waals surface area contributed by atoms with Crippen molar-refractivity contribution in [1.82, 2.24) is 25.8 Å². The molecule has 3 unspecified atom stereocenters. The first kappa shape index (κ1) is 36.2. The van der Waals surface area contributed by atoms with Crippen molar-refractivity contribution in [1.29, 1.82) is 0 Å². The van der Waals surface area contributed by atoms with E-state index >= 15 is 0 Å². The Kier molecular flexibility index (Phi) is 15.5. The van der Waals surface area contributed by atoms with E-state index in [1.165, 1.54) is 11.3 Å². The van der Waals surface area contributed by atoms with Crippen LogP contribution in [-0.2, 0) is 27.2 Å². The number of aliphatic hydroxyl groups is 2. The second kappa shape index (κ2) is 19.3. The van der Waals surface area contributed by atoms with Crippen LogP contribution in [0.15, 0.2) is 41.2 Å². The number of aromatic nitrogens is 1. The molecule has 3 rings (SSSR count). The van der Waals surface area contributed by atoms with E-state index in [1.54, 1.807) is 17.5 Å². The van der Waals surface area contributed by atoms with Crippen LogP contribution < -0.4 is 16.0 Å². The topological polar surface area (TPSA) is 144 Å². The van der Waals surface area contributed by atoms with E-state index in [4.69, 9.17) is 6.42 Å². The Morgan fingerprint density at radius 1 is 1.09 bits per heavy atom. The number of likely N-dealkylation sites (N-methyl/N-ethyl adjacent to an activating group) is 2. The molecule has 11 heteroatoms. The summed E-state index contributed by atoms with van der Waals surface area (Å²) < 4.78 is 0. The van der Waals surface area contributed by atoms with Gasteiger partial charge in [-0.05, 0) is 31.4 Å². The summed E-state index contributed by atoms with van der Waals surface area (Å²) in [6, 6.07) is 7.72. The lowest BCUT2D eigenvalue weighted by molar-refractivity contribution is -0.136. The maximum atomic E-state index is 13.9. The number of carbonyl (C=O) groups is 3. The largest absolute Gasteiger partial charge is 0.389 e. The van der Waals surface area contributed by atoms with Crippen LogP contribution in [0, 0.1) is 24.2 Å². The molecule has 1 fully saturated rings. The van der Waals surface area contributed by atoms with Gasteiger partial charge in [-0.3, -0.25) is 14.4 Å². The van der Waals surface area contributed by atoms with E-state index in [2.05, 4.69) is 26.9 Å². The molecule has 246 valence electrons. The number of amides is 3. The van der Waals surface area contributed by atoms with Gasteiger partial charge in [0.05, 0.1) is 29.3 Å². The second-order valence-electron chi connectivity index (χ2n) is 12.1. The summed E-state index contributed by atoms with van der Waals surface area (Å²) in [5.74, 6) is 0.893. The van der Waals surface area contributed by atoms with Crippen LogP contribution in [0.3, 0.4) is 0 Å². The van der Waals surface area contributed by atoms with E-state index in [0.29, 0.717) is 37.5 Å². The highest BCUT2D eigenvalue weighted by atomic mass is 32.1. The van der Waals surface area contributed by atoms with Gasteiger partial charge in [-0.1, -0.05) is 62.4 Å². The van der Waals surface area contributed by atoms with Crippen molar-refractivity contribution < 1.29 is 24.6 Å². The van der Waals surface area contributed by atoms with Crippen LogP contribution in [0.4, 0.5) is 0 Å². The van der Waals surface area contributed by atoms with Gasteiger partial charge in [-0.2, -0.15) is 0 Å². The monoisotopic (exact) mass is 639 g/mol. The lowest BCUT2D eigenvalue weighted by Crippen LogP contribution is -2.56. The van der Waals surface area contributed by atoms with Crippen LogP contribution in [0.25, 0.3) is 0 Å². The summed E-state index contributed by atoms with van der Waals surface area (Å²) in [4.78, 5) is 46.8. The molecule has 10 nitrogen and oxygen atoms in total. The molecule has 1 aromatic heterocycles. The molecule has 0 spiro atoms. The summed E-state index contributed by atoms with van der Waals surface area (Å²) >= 11 is 1.39. The van der Waals surface area contributed by atoms with Crippen LogP contribution in [0.2, 0.25) is 0 Å². The maximum Gasteiger partial charge on any atom is 0.243 e. The number of nitrogens with one attached hydrogen (secondary N) is 3. The number of nitrogens with zero attached hydrogens (tertiary/aromatic N) is 2. The van der Waals surface area contributed by atoms with Crippen molar-refractivity contribution in [3.05, 3.63) is 52.5 Å². The molecule has 45 heavy (non-hydrogen) atoms. The van der Waals surface area contributed by atoms with Crippen LogP contribution in [-0.4, -0.2) is 89.3 Å². The van der Waals surface area contributed by atoms with Crippen molar-refractivity contribution in [2.45, 2.75) is 88.5 Å². The van der Waals surface area contributed by atoms with Gasteiger partial charge < -0.3 is 31.1 Å². The predicted octanol–water partition coefficient (Wildman–Crippen LogP) is 2.30. The van der Waals surface area contributed by atoms with Crippen LogP contribution >= 0.6 is 11.3 Å². The molecule has 0 radical (unpaired) electrons. The Bertz CT molecular complexity index is 1220. The molecule has 5 N–H and O–H groups in total. The Hall–Kier alpha value is -3.30. The zero-order valence-electron chi connectivity index (χ0n) is 26.5. The van der Waals surface area contributed by atoms with E-state index < -0.39 is 42.0 Å². The summed E-state index contributed by atoms with van der Waals surface area (Å²) in [5.41, 5.74) is 3.21. The third-order valence-corrected chi connectivity index (χ3v) is 9.18. The molecular formula is C34H49N5O5S. The fourth-order valence-corrected chi connectivity index (χ4v) is 6.40. The third-order valence-electron chi connectivity index (χ3n) is 8.54. The average Bonchev–Trinajstić information content (AvgIpc) is 3.56. The van der Waals surface area contributed by atoms with Gasteiger partial charge in [0, 0.05) is 44.8 Å². The summed E-state index contributed by atoms with van der Waals surface area (Å²) in [6.45, 7) is 1.12. The molecule has 0 bridgehead atoms. The highest BCUT2D eigenvalue weighted by molar-refractivity contribution is 7.07. The quantitative estimate of drug-likeness (QED) is 0.158. The van der Waals surface area contributed by atoms with Crippen LogP contribution in [0.5, 0.6) is 0 Å². The number of carbonyl (C=O) groups excluding carboxylic acids is 3. The smallest absolute Gasteiger partial charge is 0.243 e. The fraction of sp³-hybridized carbons (Fsp3) is 0.588. The summed E-state index contributed by atoms with van der Waals surface area (Å²) in [5, 5.41) is 32.3. The summed E-state index contributed by atoms with van der Waals surface area (Å²) in [7, 11) is 3.52. The minimum atomic E-state index is -1.26. The number of terminal acetylenes is 1. The van der Waals surface area contributed by atoms with Gasteiger partial charge in [-0.25, -0.2) is 4.98 Å². The first-order valence-electron chi connectivity index (χ1n) is 15.9. The van der Waals surface area contributed by atoms with Crippen molar-refractivity contribution in [2.75, 3.05) is 27.2 Å². The molecule has 1 aliphatic carbocycles. The Labute approximate surface area is 271 Å². The second-order valence-corrected chi connectivity index (χ2v) is 12.8. The predicted molar refractivity (Wildman–Crippen MR) is 176 cm³/mol. The number of thiazole rings is 1. The van der Waals surface area contributed by atoms with Crippen LogP contribution in [0.1, 0.15) is 62.6 Å². The zero-order valence-corrected chi connectivity index (χ0v) is 27.3. The van der Waals surface area contributed by atoms with Gasteiger partial charge >= 0.3 is 0 Å². The van der Waals surface area contributed by atoms with E-state index in [-0.39, 0.29) is 25.2 Å². The van der Waals surface area contributed by atoms with Gasteiger partial charge in [-0.15, -0.1) is 23.7 Å². The zero-order chi connectivity index (χ0) is 32.6. The Morgan fingerprint density at radius 2 is 1.82 bits per heavy atom. The standard InChI is InChI=1S/C34H49N5O5S/c1-4-11-30(40)32(42)28(19-25-14-9-6-10-15-25)37-34(44)29(21-27-22-45-23-36-27)38-33(43)26(18-24-12-7-5-8-13-24)20-31(41)39(3)17-16-35-2/h1,5,7-8,12-13,22-23,25-26,28-30,32,35,40,42H,6,9-11,14-21H2,2-3H3,(H,37,44)(H,38,43)/t26?,28?,29-,30?,32+/m0/s1. The normalized spacial score (nSPS) is 16.9. The number of hydrogen-bond acceptors (Lipinski definition) is 8. The minimum Gasteiger partial charge on any atom is -0.389 e. The van der Waals surface area contributed by atoms with Crippen molar-refractivity contribution in [2.24, 2.45) is 11.8 Å². The fourth-order valence-electron chi connectivity index (χ4n) is 5.83. The van der Waals surface area contributed by atoms with Crippen molar-refractivity contribution in [3.8, 4) is 12.3 Å².